The van der Waals surface area contributed by atoms with Crippen LogP contribution in [0.2, 0.25) is 19.6 Å². The summed E-state index contributed by atoms with van der Waals surface area (Å²) < 4.78 is 5.84. The van der Waals surface area contributed by atoms with Gasteiger partial charge in [-0.05, 0) is 19.6 Å². The second-order valence-electron chi connectivity index (χ2n) is 4.22. The molecule has 0 amide bonds. The molecule has 0 bridgehead atoms. The SMILES string of the molecule is C[Si](C)(C)O/C(=C/C#N)c1ccccc1. The van der Waals surface area contributed by atoms with Crippen LogP contribution in [0.3, 0.4) is 0 Å². The minimum Gasteiger partial charge on any atom is -0.543 e. The molecular weight excluding hydrogens is 202 g/mol. The summed E-state index contributed by atoms with van der Waals surface area (Å²) >= 11 is 0. The van der Waals surface area contributed by atoms with Crippen molar-refractivity contribution >= 4 is 14.1 Å². The Morgan fingerprint density at radius 1 is 1.27 bits per heavy atom. The molecule has 2 nitrogen and oxygen atoms in total. The molecule has 0 saturated heterocycles. The molecule has 1 rings (SSSR count). The Balaban J connectivity index is 2.97. The molecule has 0 spiro atoms. The number of nitrogens with zero attached hydrogens (tertiary/aromatic N) is 1. The first-order valence-corrected chi connectivity index (χ1v) is 8.28. The molecule has 0 unspecified atom stereocenters. The Hall–Kier alpha value is -1.53. The van der Waals surface area contributed by atoms with Gasteiger partial charge in [0.1, 0.15) is 5.76 Å². The van der Waals surface area contributed by atoms with E-state index in [9.17, 15) is 0 Å². The van der Waals surface area contributed by atoms with E-state index in [1.54, 1.807) is 0 Å². The molecule has 78 valence electrons. The van der Waals surface area contributed by atoms with Gasteiger partial charge in [0.05, 0.1) is 12.1 Å². The first kappa shape index (κ1) is 11.5. The molecule has 0 aromatic heterocycles. The van der Waals surface area contributed by atoms with E-state index in [-0.39, 0.29) is 0 Å². The minimum atomic E-state index is -1.66. The van der Waals surface area contributed by atoms with Crippen LogP contribution in [0.15, 0.2) is 36.4 Å². The van der Waals surface area contributed by atoms with E-state index in [1.165, 1.54) is 6.08 Å². The van der Waals surface area contributed by atoms with Crippen LogP contribution in [-0.4, -0.2) is 8.32 Å². The van der Waals surface area contributed by atoms with Crippen molar-refractivity contribution in [2.24, 2.45) is 0 Å². The highest BCUT2D eigenvalue weighted by Gasteiger charge is 2.18. The van der Waals surface area contributed by atoms with Gasteiger partial charge in [0.2, 0.25) is 8.32 Å². The van der Waals surface area contributed by atoms with Crippen LogP contribution >= 0.6 is 0 Å². The van der Waals surface area contributed by atoms with Gasteiger partial charge in [-0.2, -0.15) is 5.26 Å². The third-order valence-electron chi connectivity index (χ3n) is 1.67. The lowest BCUT2D eigenvalue weighted by atomic mass is 10.2. The molecule has 0 aliphatic heterocycles. The molecule has 0 saturated carbocycles. The van der Waals surface area contributed by atoms with Crippen molar-refractivity contribution < 1.29 is 4.43 Å². The number of hydrogen-bond acceptors (Lipinski definition) is 2. The standard InChI is InChI=1S/C12H15NOSi/c1-15(2,3)14-12(9-10-13)11-7-5-4-6-8-11/h4-9H,1-3H3/b12-9+. The van der Waals surface area contributed by atoms with Gasteiger partial charge in [0.15, 0.2) is 0 Å². The van der Waals surface area contributed by atoms with Crippen molar-refractivity contribution in [3.63, 3.8) is 0 Å². The summed E-state index contributed by atoms with van der Waals surface area (Å²) in [4.78, 5) is 0. The maximum atomic E-state index is 8.70. The maximum absolute atomic E-state index is 8.70. The summed E-state index contributed by atoms with van der Waals surface area (Å²) in [6.07, 6.45) is 1.47. The smallest absolute Gasteiger partial charge is 0.242 e. The molecule has 15 heavy (non-hydrogen) atoms. The molecule has 1 aromatic carbocycles. The highest BCUT2D eigenvalue weighted by atomic mass is 28.4. The Bertz CT molecular complexity index is 384. The Kier molecular flexibility index (Phi) is 3.70. The molecule has 0 N–H and O–H groups in total. The van der Waals surface area contributed by atoms with E-state index < -0.39 is 8.32 Å². The summed E-state index contributed by atoms with van der Waals surface area (Å²) in [5, 5.41) is 8.70. The normalized spacial score (nSPS) is 12.0. The number of rotatable bonds is 3. The predicted molar refractivity (Wildman–Crippen MR) is 64.5 cm³/mol. The van der Waals surface area contributed by atoms with Gasteiger partial charge in [-0.1, -0.05) is 30.3 Å². The third kappa shape index (κ3) is 4.01. The van der Waals surface area contributed by atoms with E-state index in [1.807, 2.05) is 36.4 Å². The molecule has 0 radical (unpaired) electrons. The van der Waals surface area contributed by atoms with Gasteiger partial charge in [-0.15, -0.1) is 0 Å². The fourth-order valence-electron chi connectivity index (χ4n) is 1.16. The Morgan fingerprint density at radius 3 is 2.33 bits per heavy atom. The quantitative estimate of drug-likeness (QED) is 0.441. The summed E-state index contributed by atoms with van der Waals surface area (Å²) in [5.74, 6) is 0.678. The van der Waals surface area contributed by atoms with Crippen LogP contribution < -0.4 is 0 Å². The van der Waals surface area contributed by atoms with E-state index in [2.05, 4.69) is 19.6 Å². The van der Waals surface area contributed by atoms with Crippen molar-refractivity contribution in [3.05, 3.63) is 42.0 Å². The van der Waals surface area contributed by atoms with Crippen molar-refractivity contribution in [2.75, 3.05) is 0 Å². The highest BCUT2D eigenvalue weighted by Crippen LogP contribution is 2.20. The fourth-order valence-corrected chi connectivity index (χ4v) is 2.00. The number of hydrogen-bond donors (Lipinski definition) is 0. The fraction of sp³-hybridized carbons (Fsp3) is 0.250. The van der Waals surface area contributed by atoms with Gasteiger partial charge in [-0.25, -0.2) is 0 Å². The van der Waals surface area contributed by atoms with E-state index in [4.69, 9.17) is 9.69 Å². The topological polar surface area (TPSA) is 33.0 Å². The monoisotopic (exact) mass is 217 g/mol. The van der Waals surface area contributed by atoms with Crippen LogP contribution in [0.25, 0.3) is 5.76 Å². The average molecular weight is 217 g/mol. The first-order valence-electron chi connectivity index (χ1n) is 4.87. The lowest BCUT2D eigenvalue weighted by Gasteiger charge is -2.21. The second kappa shape index (κ2) is 4.81. The first-order chi connectivity index (χ1) is 7.03. The van der Waals surface area contributed by atoms with Crippen LogP contribution in [0.4, 0.5) is 0 Å². The lowest BCUT2D eigenvalue weighted by molar-refractivity contribution is 0.515. The summed E-state index contributed by atoms with van der Waals surface area (Å²) in [7, 11) is -1.66. The Morgan fingerprint density at radius 2 is 1.87 bits per heavy atom. The molecular formula is C12H15NOSi. The summed E-state index contributed by atoms with van der Waals surface area (Å²) in [6.45, 7) is 6.30. The van der Waals surface area contributed by atoms with Gasteiger partial charge in [0.25, 0.3) is 0 Å². The number of nitriles is 1. The second-order valence-corrected chi connectivity index (χ2v) is 8.65. The third-order valence-corrected chi connectivity index (χ3v) is 2.50. The molecule has 0 aliphatic rings. The number of benzene rings is 1. The largest absolute Gasteiger partial charge is 0.543 e. The molecule has 0 atom stereocenters. The lowest BCUT2D eigenvalue weighted by Crippen LogP contribution is -2.24. The van der Waals surface area contributed by atoms with Gasteiger partial charge < -0.3 is 4.43 Å². The number of allylic oxidation sites excluding steroid dienone is 1. The van der Waals surface area contributed by atoms with Crippen LogP contribution in [-0.2, 0) is 4.43 Å². The van der Waals surface area contributed by atoms with Crippen molar-refractivity contribution in [2.45, 2.75) is 19.6 Å². The maximum Gasteiger partial charge on any atom is 0.242 e. The van der Waals surface area contributed by atoms with Crippen LogP contribution in [0.1, 0.15) is 5.56 Å². The van der Waals surface area contributed by atoms with Gasteiger partial charge >= 0.3 is 0 Å². The zero-order chi connectivity index (χ0) is 11.3. The van der Waals surface area contributed by atoms with Crippen molar-refractivity contribution in [1.29, 1.82) is 5.26 Å². The predicted octanol–water partition coefficient (Wildman–Crippen LogP) is 3.40. The Labute approximate surface area is 91.9 Å². The van der Waals surface area contributed by atoms with Crippen LogP contribution in [0.5, 0.6) is 0 Å². The van der Waals surface area contributed by atoms with Gasteiger partial charge in [-0.3, -0.25) is 0 Å². The zero-order valence-corrected chi connectivity index (χ0v) is 10.3. The zero-order valence-electron chi connectivity index (χ0n) is 9.32. The molecule has 0 aliphatic carbocycles. The van der Waals surface area contributed by atoms with E-state index >= 15 is 0 Å². The van der Waals surface area contributed by atoms with Crippen molar-refractivity contribution in [1.82, 2.24) is 0 Å². The molecule has 1 aromatic rings. The molecule has 0 heterocycles. The highest BCUT2D eigenvalue weighted by molar-refractivity contribution is 6.70. The van der Waals surface area contributed by atoms with Crippen molar-refractivity contribution in [3.8, 4) is 6.07 Å². The van der Waals surface area contributed by atoms with Crippen LogP contribution in [0, 0.1) is 11.3 Å². The molecule has 0 fully saturated rings. The minimum absolute atomic E-state index is 0.678. The van der Waals surface area contributed by atoms with E-state index in [0.29, 0.717) is 5.76 Å². The summed E-state index contributed by atoms with van der Waals surface area (Å²) in [6, 6.07) is 11.7. The average Bonchev–Trinajstić information content (AvgIpc) is 2.17. The molecule has 3 heteroatoms. The summed E-state index contributed by atoms with van der Waals surface area (Å²) in [5.41, 5.74) is 0.960. The van der Waals surface area contributed by atoms with E-state index in [0.717, 1.165) is 5.56 Å². The van der Waals surface area contributed by atoms with Gasteiger partial charge in [0, 0.05) is 5.56 Å².